The molecule has 122 valence electrons. The Morgan fingerprint density at radius 3 is 2.87 bits per heavy atom. The van der Waals surface area contributed by atoms with Crippen molar-refractivity contribution >= 4 is 23.0 Å². The van der Waals surface area contributed by atoms with Gasteiger partial charge < -0.3 is 14.4 Å². The summed E-state index contributed by atoms with van der Waals surface area (Å²) in [6.45, 7) is 2.90. The zero-order chi connectivity index (χ0) is 16.4. The normalized spacial score (nSPS) is 21.5. The fourth-order valence-corrected chi connectivity index (χ4v) is 3.13. The first-order chi connectivity index (χ1) is 11.0. The van der Waals surface area contributed by atoms with Gasteiger partial charge in [-0.3, -0.25) is 9.59 Å². The van der Waals surface area contributed by atoms with Crippen LogP contribution in [-0.2, 0) is 16.0 Å². The molecule has 1 aliphatic heterocycles. The molecule has 6 heteroatoms. The molecule has 23 heavy (non-hydrogen) atoms. The van der Waals surface area contributed by atoms with Crippen molar-refractivity contribution in [2.45, 2.75) is 26.2 Å². The van der Waals surface area contributed by atoms with E-state index < -0.39 is 11.9 Å². The Kier molecular flexibility index (Phi) is 4.32. The lowest BCUT2D eigenvalue weighted by atomic mass is 9.90. The number of piperidine rings is 1. The number of para-hydroxylation sites is 2. The number of fused-ring (bicyclic) bond motifs is 1. The molecule has 1 N–H and O–H groups in total. The molecule has 2 aromatic rings. The maximum absolute atomic E-state index is 12.4. The number of aromatic nitrogens is 1. The summed E-state index contributed by atoms with van der Waals surface area (Å²) in [7, 11) is 0. The minimum absolute atomic E-state index is 0.0370. The maximum atomic E-state index is 12.4. The van der Waals surface area contributed by atoms with Gasteiger partial charge in [-0.25, -0.2) is 4.98 Å². The predicted octanol–water partition coefficient (Wildman–Crippen LogP) is 2.33. The van der Waals surface area contributed by atoms with Crippen LogP contribution >= 0.6 is 0 Å². The number of likely N-dealkylation sites (tertiary alicyclic amines) is 1. The van der Waals surface area contributed by atoms with Gasteiger partial charge in [-0.05, 0) is 24.5 Å². The second-order valence-corrected chi connectivity index (χ2v) is 6.25. The van der Waals surface area contributed by atoms with Crippen molar-refractivity contribution in [2.24, 2.45) is 11.8 Å². The van der Waals surface area contributed by atoms with Crippen molar-refractivity contribution in [3.63, 3.8) is 0 Å². The summed E-state index contributed by atoms with van der Waals surface area (Å²) in [6, 6.07) is 7.48. The van der Waals surface area contributed by atoms with Crippen molar-refractivity contribution in [1.29, 1.82) is 0 Å². The third-order valence-electron chi connectivity index (χ3n) is 4.25. The maximum Gasteiger partial charge on any atom is 0.308 e. The van der Waals surface area contributed by atoms with Crippen LogP contribution < -0.4 is 0 Å². The number of oxazole rings is 1. The van der Waals surface area contributed by atoms with Crippen molar-refractivity contribution < 1.29 is 19.1 Å². The van der Waals surface area contributed by atoms with Gasteiger partial charge in [0.2, 0.25) is 5.91 Å². The van der Waals surface area contributed by atoms with Crippen molar-refractivity contribution in [3.05, 3.63) is 30.2 Å². The summed E-state index contributed by atoms with van der Waals surface area (Å²) in [6.07, 6.45) is 1.34. The lowest BCUT2D eigenvalue weighted by molar-refractivity contribution is -0.146. The highest BCUT2D eigenvalue weighted by Crippen LogP contribution is 2.23. The Labute approximate surface area is 134 Å². The molecule has 1 aliphatic rings. The van der Waals surface area contributed by atoms with Crippen LogP contribution in [0.1, 0.15) is 25.7 Å². The molecule has 0 aliphatic carbocycles. The molecule has 1 aromatic heterocycles. The summed E-state index contributed by atoms with van der Waals surface area (Å²) < 4.78 is 5.61. The monoisotopic (exact) mass is 316 g/mol. The van der Waals surface area contributed by atoms with Gasteiger partial charge in [0.05, 0.1) is 5.92 Å². The molecule has 0 saturated carbocycles. The summed E-state index contributed by atoms with van der Waals surface area (Å²) in [5.74, 6) is -0.581. The van der Waals surface area contributed by atoms with E-state index in [2.05, 4.69) is 4.98 Å². The Morgan fingerprint density at radius 2 is 2.13 bits per heavy atom. The van der Waals surface area contributed by atoms with Crippen LogP contribution in [0.25, 0.3) is 11.1 Å². The number of aryl methyl sites for hydroxylation is 1. The second kappa shape index (κ2) is 6.40. The number of carbonyl (C=O) groups is 2. The van der Waals surface area contributed by atoms with Crippen LogP contribution in [0.3, 0.4) is 0 Å². The molecule has 1 aromatic carbocycles. The fourth-order valence-electron chi connectivity index (χ4n) is 3.13. The molecule has 1 amide bonds. The van der Waals surface area contributed by atoms with Gasteiger partial charge in [0.15, 0.2) is 11.5 Å². The Hall–Kier alpha value is -2.37. The highest BCUT2D eigenvalue weighted by molar-refractivity contribution is 5.78. The minimum Gasteiger partial charge on any atom is -0.481 e. The van der Waals surface area contributed by atoms with Gasteiger partial charge in [0.1, 0.15) is 5.52 Å². The Bertz CT molecular complexity index is 691. The molecular formula is C17H20N2O4. The Balaban J connectivity index is 1.61. The first-order valence-electron chi connectivity index (χ1n) is 7.88. The number of benzene rings is 1. The summed E-state index contributed by atoms with van der Waals surface area (Å²) in [4.78, 5) is 29.6. The lowest BCUT2D eigenvalue weighted by Crippen LogP contribution is -2.45. The van der Waals surface area contributed by atoms with Crippen molar-refractivity contribution in [3.8, 4) is 0 Å². The molecule has 2 unspecified atom stereocenters. The molecule has 6 nitrogen and oxygen atoms in total. The van der Waals surface area contributed by atoms with E-state index in [1.807, 2.05) is 31.2 Å². The van der Waals surface area contributed by atoms with E-state index in [9.17, 15) is 14.7 Å². The van der Waals surface area contributed by atoms with E-state index in [1.54, 1.807) is 4.90 Å². The number of carbonyl (C=O) groups excluding carboxylic acids is 1. The summed E-state index contributed by atoms with van der Waals surface area (Å²) in [5.41, 5.74) is 1.50. The number of aliphatic carboxylic acids is 1. The van der Waals surface area contributed by atoms with Crippen LogP contribution in [0.15, 0.2) is 28.7 Å². The molecule has 0 radical (unpaired) electrons. The molecule has 2 heterocycles. The fraction of sp³-hybridized carbons (Fsp3) is 0.471. The van der Waals surface area contributed by atoms with E-state index in [0.29, 0.717) is 37.4 Å². The molecule has 0 bridgehead atoms. The van der Waals surface area contributed by atoms with Gasteiger partial charge in [0.25, 0.3) is 0 Å². The van der Waals surface area contributed by atoms with Crippen LogP contribution in [0.4, 0.5) is 0 Å². The van der Waals surface area contributed by atoms with Crippen molar-refractivity contribution in [1.82, 2.24) is 9.88 Å². The van der Waals surface area contributed by atoms with E-state index >= 15 is 0 Å². The molecule has 1 fully saturated rings. The quantitative estimate of drug-likeness (QED) is 0.936. The van der Waals surface area contributed by atoms with Crippen LogP contribution in [0, 0.1) is 11.8 Å². The van der Waals surface area contributed by atoms with Gasteiger partial charge in [-0.15, -0.1) is 0 Å². The number of nitrogens with zero attached hydrogens (tertiary/aromatic N) is 2. The second-order valence-electron chi connectivity index (χ2n) is 6.25. The van der Waals surface area contributed by atoms with E-state index in [-0.39, 0.29) is 18.2 Å². The van der Waals surface area contributed by atoms with Crippen LogP contribution in [0.5, 0.6) is 0 Å². The summed E-state index contributed by atoms with van der Waals surface area (Å²) in [5, 5.41) is 9.18. The highest BCUT2D eigenvalue weighted by Gasteiger charge is 2.31. The van der Waals surface area contributed by atoms with Gasteiger partial charge in [-0.1, -0.05) is 19.1 Å². The zero-order valence-corrected chi connectivity index (χ0v) is 13.1. The van der Waals surface area contributed by atoms with E-state index in [4.69, 9.17) is 4.42 Å². The third-order valence-corrected chi connectivity index (χ3v) is 4.25. The standard InChI is InChI=1S/C17H20N2O4/c1-11-8-12(17(21)22)10-19(9-11)16(20)7-6-15-18-13-4-2-3-5-14(13)23-15/h2-5,11-12H,6-10H2,1H3,(H,21,22). The van der Waals surface area contributed by atoms with Gasteiger partial charge >= 0.3 is 5.97 Å². The van der Waals surface area contributed by atoms with Crippen LogP contribution in [0.2, 0.25) is 0 Å². The minimum atomic E-state index is -0.826. The first-order valence-corrected chi connectivity index (χ1v) is 7.88. The SMILES string of the molecule is CC1CC(C(=O)O)CN(C(=O)CCc2nc3ccccc3o2)C1. The summed E-state index contributed by atoms with van der Waals surface area (Å²) >= 11 is 0. The predicted molar refractivity (Wildman–Crippen MR) is 83.8 cm³/mol. The topological polar surface area (TPSA) is 83.6 Å². The number of hydrogen-bond donors (Lipinski definition) is 1. The van der Waals surface area contributed by atoms with Crippen LogP contribution in [-0.4, -0.2) is 40.0 Å². The molecule has 2 atom stereocenters. The smallest absolute Gasteiger partial charge is 0.308 e. The number of amides is 1. The molecule has 1 saturated heterocycles. The van der Waals surface area contributed by atoms with Gasteiger partial charge in [0, 0.05) is 25.9 Å². The number of carboxylic acid groups (broad SMARTS) is 1. The average molecular weight is 316 g/mol. The average Bonchev–Trinajstić information content (AvgIpc) is 2.94. The number of carboxylic acids is 1. The number of hydrogen-bond acceptors (Lipinski definition) is 4. The van der Waals surface area contributed by atoms with E-state index in [0.717, 1.165) is 5.52 Å². The molecular weight excluding hydrogens is 296 g/mol. The highest BCUT2D eigenvalue weighted by atomic mass is 16.4. The number of rotatable bonds is 4. The largest absolute Gasteiger partial charge is 0.481 e. The third kappa shape index (κ3) is 3.52. The first kappa shape index (κ1) is 15.5. The van der Waals surface area contributed by atoms with E-state index in [1.165, 1.54) is 0 Å². The Morgan fingerprint density at radius 1 is 1.35 bits per heavy atom. The van der Waals surface area contributed by atoms with Crippen molar-refractivity contribution in [2.75, 3.05) is 13.1 Å². The zero-order valence-electron chi connectivity index (χ0n) is 13.1. The van der Waals surface area contributed by atoms with Gasteiger partial charge in [-0.2, -0.15) is 0 Å². The molecule has 0 spiro atoms. The lowest BCUT2D eigenvalue weighted by Gasteiger charge is -2.34. The molecule has 3 rings (SSSR count).